The fourth-order valence-corrected chi connectivity index (χ4v) is 2.87. The molecular weight excluding hydrogens is 340 g/mol. The quantitative estimate of drug-likeness (QED) is 0.568. The fourth-order valence-electron chi connectivity index (χ4n) is 2.87. The lowest BCUT2D eigenvalue weighted by atomic mass is 10.0. The molecule has 27 heavy (non-hydrogen) atoms. The Morgan fingerprint density at radius 1 is 1.00 bits per heavy atom. The Bertz CT molecular complexity index is 1050. The number of aromatic nitrogens is 5. The van der Waals surface area contributed by atoms with Crippen LogP contribution in [0.25, 0.3) is 22.8 Å². The Morgan fingerprint density at radius 2 is 1.85 bits per heavy atom. The number of benzene rings is 1. The molecule has 0 fully saturated rings. The topological polar surface area (TPSA) is 103 Å². The van der Waals surface area contributed by atoms with Crippen molar-refractivity contribution in [2.24, 2.45) is 5.73 Å². The van der Waals surface area contributed by atoms with Crippen molar-refractivity contribution in [2.45, 2.75) is 6.04 Å². The number of pyridine rings is 2. The van der Waals surface area contributed by atoms with E-state index in [0.717, 1.165) is 22.4 Å². The minimum absolute atomic E-state index is 0.416. The highest BCUT2D eigenvalue weighted by Crippen LogP contribution is 2.28. The molecule has 3 aromatic heterocycles. The van der Waals surface area contributed by atoms with Gasteiger partial charge in [-0.25, -0.2) is 0 Å². The van der Waals surface area contributed by atoms with E-state index in [9.17, 15) is 0 Å². The molecule has 1 atom stereocenters. The summed E-state index contributed by atoms with van der Waals surface area (Å²) >= 11 is 0. The summed E-state index contributed by atoms with van der Waals surface area (Å²) in [5.74, 6) is 2.01. The maximum absolute atomic E-state index is 6.43. The second-order valence-electron chi connectivity index (χ2n) is 5.95. The van der Waals surface area contributed by atoms with Crippen LogP contribution in [0.1, 0.15) is 17.3 Å². The van der Waals surface area contributed by atoms with Crippen LogP contribution >= 0.6 is 0 Å². The van der Waals surface area contributed by atoms with Crippen LogP contribution in [0.4, 0.5) is 0 Å². The Hall–Kier alpha value is -3.58. The van der Waals surface area contributed by atoms with Gasteiger partial charge in [-0.15, -0.1) is 10.2 Å². The number of nitrogens with one attached hydrogen (secondary N) is 1. The summed E-state index contributed by atoms with van der Waals surface area (Å²) in [5.41, 5.74) is 9.70. The first kappa shape index (κ1) is 16.9. The summed E-state index contributed by atoms with van der Waals surface area (Å²) in [5, 5.41) is 8.57. The van der Waals surface area contributed by atoms with E-state index in [1.807, 2.05) is 48.5 Å². The van der Waals surface area contributed by atoms with E-state index in [4.69, 9.17) is 10.5 Å². The number of methoxy groups -OCH3 is 1. The lowest BCUT2D eigenvalue weighted by Crippen LogP contribution is -2.15. The van der Waals surface area contributed by atoms with Gasteiger partial charge >= 0.3 is 0 Å². The van der Waals surface area contributed by atoms with Gasteiger partial charge in [0.05, 0.1) is 18.8 Å². The maximum Gasteiger partial charge on any atom is 0.163 e. The minimum Gasteiger partial charge on any atom is -0.497 e. The van der Waals surface area contributed by atoms with E-state index < -0.39 is 6.04 Å². The van der Waals surface area contributed by atoms with Gasteiger partial charge < -0.3 is 15.5 Å². The SMILES string of the molecule is COc1cccc(-c2nnc(-c3cccnc3C(N)c3cccnc3)[nH]2)c1. The molecule has 7 heteroatoms. The van der Waals surface area contributed by atoms with Crippen molar-refractivity contribution in [1.29, 1.82) is 0 Å². The molecule has 0 amide bonds. The summed E-state index contributed by atoms with van der Waals surface area (Å²) in [6, 6.07) is 14.8. The van der Waals surface area contributed by atoms with Crippen LogP contribution in [0.2, 0.25) is 0 Å². The summed E-state index contributed by atoms with van der Waals surface area (Å²) in [7, 11) is 1.63. The average molecular weight is 358 g/mol. The number of aromatic amines is 1. The first-order chi connectivity index (χ1) is 13.3. The number of ether oxygens (including phenoxy) is 1. The van der Waals surface area contributed by atoms with E-state index in [-0.39, 0.29) is 0 Å². The van der Waals surface area contributed by atoms with Crippen molar-refractivity contribution in [1.82, 2.24) is 25.1 Å². The molecule has 0 spiro atoms. The normalized spacial score (nSPS) is 11.9. The molecule has 0 bridgehead atoms. The molecule has 0 aliphatic heterocycles. The zero-order chi connectivity index (χ0) is 18.6. The number of nitrogens with two attached hydrogens (primary N) is 1. The third-order valence-corrected chi connectivity index (χ3v) is 4.26. The van der Waals surface area contributed by atoms with Gasteiger partial charge in [0.2, 0.25) is 0 Å². The first-order valence-corrected chi connectivity index (χ1v) is 8.44. The standard InChI is InChI=1S/C20H18N6O/c1-27-15-7-2-5-13(11-15)19-24-20(26-25-19)16-8-4-10-23-18(16)17(21)14-6-3-9-22-12-14/h2-12,17H,21H2,1H3,(H,24,25,26). The summed E-state index contributed by atoms with van der Waals surface area (Å²) in [6.45, 7) is 0. The predicted molar refractivity (Wildman–Crippen MR) is 102 cm³/mol. The molecule has 3 heterocycles. The summed E-state index contributed by atoms with van der Waals surface area (Å²) in [6.07, 6.45) is 5.17. The second-order valence-corrected chi connectivity index (χ2v) is 5.95. The van der Waals surface area contributed by atoms with Crippen LogP contribution in [0.3, 0.4) is 0 Å². The van der Waals surface area contributed by atoms with Gasteiger partial charge in [-0.2, -0.15) is 0 Å². The molecule has 1 aromatic carbocycles. The van der Waals surface area contributed by atoms with Crippen molar-refractivity contribution in [3.05, 3.63) is 78.4 Å². The summed E-state index contributed by atoms with van der Waals surface area (Å²) in [4.78, 5) is 11.9. The van der Waals surface area contributed by atoms with E-state index >= 15 is 0 Å². The van der Waals surface area contributed by atoms with Crippen LogP contribution in [0, 0.1) is 0 Å². The highest BCUT2D eigenvalue weighted by atomic mass is 16.5. The highest BCUT2D eigenvalue weighted by molar-refractivity contribution is 5.64. The molecule has 4 aromatic rings. The number of H-pyrrole nitrogens is 1. The molecule has 0 saturated carbocycles. The zero-order valence-electron chi connectivity index (χ0n) is 14.7. The Morgan fingerprint density at radius 3 is 2.67 bits per heavy atom. The van der Waals surface area contributed by atoms with Gasteiger partial charge in [0.25, 0.3) is 0 Å². The zero-order valence-corrected chi connectivity index (χ0v) is 14.7. The molecule has 0 aliphatic carbocycles. The molecule has 1 unspecified atom stereocenters. The van der Waals surface area contributed by atoms with E-state index in [2.05, 4.69) is 25.1 Å². The molecule has 4 rings (SSSR count). The predicted octanol–water partition coefficient (Wildman–Crippen LogP) is 2.99. The Balaban J connectivity index is 1.72. The van der Waals surface area contributed by atoms with Crippen LogP contribution < -0.4 is 10.5 Å². The van der Waals surface area contributed by atoms with Crippen molar-refractivity contribution >= 4 is 0 Å². The van der Waals surface area contributed by atoms with Crippen molar-refractivity contribution in [3.8, 4) is 28.5 Å². The largest absolute Gasteiger partial charge is 0.497 e. The van der Waals surface area contributed by atoms with Crippen molar-refractivity contribution in [3.63, 3.8) is 0 Å². The van der Waals surface area contributed by atoms with E-state index in [1.165, 1.54) is 0 Å². The van der Waals surface area contributed by atoms with Crippen LogP contribution in [0.15, 0.2) is 67.1 Å². The third-order valence-electron chi connectivity index (χ3n) is 4.26. The summed E-state index contributed by atoms with van der Waals surface area (Å²) < 4.78 is 5.27. The molecule has 0 saturated heterocycles. The molecule has 3 N–H and O–H groups in total. The molecule has 0 radical (unpaired) electrons. The number of nitrogens with zero attached hydrogens (tertiary/aromatic N) is 4. The maximum atomic E-state index is 6.43. The van der Waals surface area contributed by atoms with Gasteiger partial charge in [-0.05, 0) is 35.9 Å². The number of hydrogen-bond acceptors (Lipinski definition) is 6. The monoisotopic (exact) mass is 358 g/mol. The first-order valence-electron chi connectivity index (χ1n) is 8.44. The highest BCUT2D eigenvalue weighted by Gasteiger charge is 2.18. The van der Waals surface area contributed by atoms with Gasteiger partial charge in [0.1, 0.15) is 5.75 Å². The van der Waals surface area contributed by atoms with Gasteiger partial charge in [0.15, 0.2) is 11.6 Å². The molecule has 0 aliphatic rings. The van der Waals surface area contributed by atoms with Gasteiger partial charge in [-0.3, -0.25) is 9.97 Å². The average Bonchev–Trinajstić information content (AvgIpc) is 3.24. The van der Waals surface area contributed by atoms with Crippen LogP contribution in [0.5, 0.6) is 5.75 Å². The van der Waals surface area contributed by atoms with Crippen LogP contribution in [-0.2, 0) is 0 Å². The van der Waals surface area contributed by atoms with E-state index in [1.54, 1.807) is 25.7 Å². The Labute approximate surface area is 156 Å². The third kappa shape index (κ3) is 3.40. The van der Waals surface area contributed by atoms with Gasteiger partial charge in [-0.1, -0.05) is 18.2 Å². The molecule has 7 nitrogen and oxygen atoms in total. The molecule has 134 valence electrons. The molecular formula is C20H18N6O. The van der Waals surface area contributed by atoms with Crippen molar-refractivity contribution < 1.29 is 4.74 Å². The van der Waals surface area contributed by atoms with E-state index in [0.29, 0.717) is 17.3 Å². The smallest absolute Gasteiger partial charge is 0.163 e. The number of rotatable bonds is 5. The Kier molecular flexibility index (Phi) is 4.59. The minimum atomic E-state index is -0.416. The number of hydrogen-bond donors (Lipinski definition) is 2. The second kappa shape index (κ2) is 7.35. The van der Waals surface area contributed by atoms with Crippen molar-refractivity contribution in [2.75, 3.05) is 7.11 Å². The van der Waals surface area contributed by atoms with Crippen LogP contribution in [-0.4, -0.2) is 32.3 Å². The fraction of sp³-hybridized carbons (Fsp3) is 0.100. The van der Waals surface area contributed by atoms with Gasteiger partial charge in [0, 0.05) is 29.7 Å². The lowest BCUT2D eigenvalue weighted by molar-refractivity contribution is 0.415. The lowest BCUT2D eigenvalue weighted by Gasteiger charge is -2.14.